The summed E-state index contributed by atoms with van der Waals surface area (Å²) in [5.41, 5.74) is 6.33. The van der Waals surface area contributed by atoms with Crippen LogP contribution in [-0.4, -0.2) is 19.4 Å². The van der Waals surface area contributed by atoms with Crippen LogP contribution in [0.5, 0.6) is 5.75 Å². The topological polar surface area (TPSA) is 21.6 Å². The number of aliphatic imine (C=N–C) groups is 1. The van der Waals surface area contributed by atoms with Gasteiger partial charge in [0.15, 0.2) is 0 Å². The van der Waals surface area contributed by atoms with Gasteiger partial charge in [-0.2, -0.15) is 0 Å². The second-order valence-electron chi connectivity index (χ2n) is 5.01. The number of aryl methyl sites for hydroxylation is 1. The lowest BCUT2D eigenvalue weighted by molar-refractivity contribution is 0.414. The molecule has 0 saturated heterocycles. The smallest absolute Gasteiger partial charge is 0.119 e. The zero-order valence-corrected chi connectivity index (χ0v) is 12.0. The van der Waals surface area contributed by atoms with E-state index in [1.807, 2.05) is 6.07 Å². The normalized spacial score (nSPS) is 13.6. The van der Waals surface area contributed by atoms with E-state index < -0.39 is 0 Å². The van der Waals surface area contributed by atoms with Crippen molar-refractivity contribution in [2.45, 2.75) is 19.8 Å². The second-order valence-corrected chi connectivity index (χ2v) is 5.01. The summed E-state index contributed by atoms with van der Waals surface area (Å²) in [5.74, 6) is 0.925. The molecule has 0 N–H and O–H groups in total. The van der Waals surface area contributed by atoms with Crippen molar-refractivity contribution >= 4 is 5.71 Å². The molecule has 0 amide bonds. The van der Waals surface area contributed by atoms with Crippen molar-refractivity contribution in [2.75, 3.05) is 13.7 Å². The van der Waals surface area contributed by atoms with E-state index in [-0.39, 0.29) is 0 Å². The van der Waals surface area contributed by atoms with E-state index in [1.165, 1.54) is 22.3 Å². The van der Waals surface area contributed by atoms with Crippen LogP contribution in [0.4, 0.5) is 0 Å². The van der Waals surface area contributed by atoms with Gasteiger partial charge in [0.2, 0.25) is 0 Å². The molecular weight excluding hydrogens is 246 g/mol. The number of fused-ring (bicyclic) bond motifs is 1. The molecule has 1 heterocycles. The van der Waals surface area contributed by atoms with Crippen molar-refractivity contribution < 1.29 is 4.74 Å². The molecule has 0 aromatic heterocycles. The molecule has 0 saturated carbocycles. The summed E-state index contributed by atoms with van der Waals surface area (Å²) >= 11 is 0. The zero-order chi connectivity index (χ0) is 13.9. The lowest BCUT2D eigenvalue weighted by Gasteiger charge is -2.19. The predicted molar refractivity (Wildman–Crippen MR) is 83.0 cm³/mol. The van der Waals surface area contributed by atoms with Crippen molar-refractivity contribution in [1.29, 1.82) is 0 Å². The first kappa shape index (κ1) is 12.9. The Labute approximate surface area is 120 Å². The Kier molecular flexibility index (Phi) is 3.55. The van der Waals surface area contributed by atoms with Gasteiger partial charge >= 0.3 is 0 Å². The monoisotopic (exact) mass is 265 g/mol. The fourth-order valence-electron chi connectivity index (χ4n) is 2.80. The Balaban J connectivity index is 2.11. The quantitative estimate of drug-likeness (QED) is 0.830. The van der Waals surface area contributed by atoms with Crippen LogP contribution in [0, 0.1) is 0 Å². The maximum Gasteiger partial charge on any atom is 0.119 e. The first-order chi connectivity index (χ1) is 9.83. The third-order valence-electron chi connectivity index (χ3n) is 3.87. The first-order valence-corrected chi connectivity index (χ1v) is 7.13. The summed E-state index contributed by atoms with van der Waals surface area (Å²) in [6.45, 7) is 3.05. The van der Waals surface area contributed by atoms with Gasteiger partial charge in [-0.25, -0.2) is 0 Å². The van der Waals surface area contributed by atoms with E-state index in [0.29, 0.717) is 0 Å². The van der Waals surface area contributed by atoms with E-state index >= 15 is 0 Å². The highest BCUT2D eigenvalue weighted by molar-refractivity contribution is 6.15. The van der Waals surface area contributed by atoms with E-state index in [4.69, 9.17) is 9.73 Å². The van der Waals surface area contributed by atoms with Crippen LogP contribution >= 0.6 is 0 Å². The standard InChI is InChI=1S/C18H19NO/c1-3-13-6-4-5-7-16(13)18-17-9-8-15(20-2)12-14(17)10-11-19-18/h4-9,12H,3,10-11H2,1-2H3. The van der Waals surface area contributed by atoms with E-state index in [0.717, 1.165) is 30.8 Å². The molecule has 0 bridgehead atoms. The molecule has 0 radical (unpaired) electrons. The molecule has 1 aliphatic rings. The molecule has 102 valence electrons. The maximum absolute atomic E-state index is 5.33. The Morgan fingerprint density at radius 2 is 1.95 bits per heavy atom. The van der Waals surface area contributed by atoms with Crippen LogP contribution in [0.1, 0.15) is 29.2 Å². The SMILES string of the molecule is CCc1ccccc1C1=NCCc2cc(OC)ccc21. The van der Waals surface area contributed by atoms with Gasteiger partial charge in [-0.3, -0.25) is 4.99 Å². The molecule has 2 heteroatoms. The van der Waals surface area contributed by atoms with E-state index in [1.54, 1.807) is 7.11 Å². The van der Waals surface area contributed by atoms with E-state index in [2.05, 4.69) is 43.3 Å². The molecule has 2 nitrogen and oxygen atoms in total. The van der Waals surface area contributed by atoms with Crippen LogP contribution in [0.3, 0.4) is 0 Å². The molecule has 0 atom stereocenters. The molecule has 1 aliphatic heterocycles. The van der Waals surface area contributed by atoms with Crippen molar-refractivity contribution in [2.24, 2.45) is 4.99 Å². The number of nitrogens with zero attached hydrogens (tertiary/aromatic N) is 1. The molecular formula is C18H19NO. The van der Waals surface area contributed by atoms with Gasteiger partial charge in [-0.15, -0.1) is 0 Å². The lowest BCUT2D eigenvalue weighted by Crippen LogP contribution is -2.15. The Hall–Kier alpha value is -2.09. The average Bonchev–Trinajstić information content (AvgIpc) is 2.53. The molecule has 0 unspecified atom stereocenters. The lowest BCUT2D eigenvalue weighted by atomic mass is 9.90. The summed E-state index contributed by atoms with van der Waals surface area (Å²) in [4.78, 5) is 4.78. The molecule has 20 heavy (non-hydrogen) atoms. The third-order valence-corrected chi connectivity index (χ3v) is 3.87. The molecule has 0 fully saturated rings. The highest BCUT2D eigenvalue weighted by Crippen LogP contribution is 2.26. The Morgan fingerprint density at radius 1 is 1.10 bits per heavy atom. The summed E-state index contributed by atoms with van der Waals surface area (Å²) in [6.07, 6.45) is 2.02. The Morgan fingerprint density at radius 3 is 2.75 bits per heavy atom. The molecule has 2 aromatic rings. The highest BCUT2D eigenvalue weighted by atomic mass is 16.5. The van der Waals surface area contributed by atoms with Crippen molar-refractivity contribution in [3.8, 4) is 5.75 Å². The molecule has 0 spiro atoms. The number of ether oxygens (including phenoxy) is 1. The number of rotatable bonds is 3. The van der Waals surface area contributed by atoms with Crippen molar-refractivity contribution in [3.63, 3.8) is 0 Å². The van der Waals surface area contributed by atoms with Crippen molar-refractivity contribution in [3.05, 3.63) is 64.7 Å². The van der Waals surface area contributed by atoms with Gasteiger partial charge < -0.3 is 4.74 Å². The van der Waals surface area contributed by atoms with Crippen LogP contribution in [-0.2, 0) is 12.8 Å². The number of hydrogen-bond acceptors (Lipinski definition) is 2. The third kappa shape index (κ3) is 2.22. The van der Waals surface area contributed by atoms with Crippen LogP contribution in [0.15, 0.2) is 47.5 Å². The van der Waals surface area contributed by atoms with Crippen molar-refractivity contribution in [1.82, 2.24) is 0 Å². The molecule has 0 aliphatic carbocycles. The highest BCUT2D eigenvalue weighted by Gasteiger charge is 2.18. The summed E-state index contributed by atoms with van der Waals surface area (Å²) in [7, 11) is 1.71. The van der Waals surface area contributed by atoms with Gasteiger partial charge in [0.1, 0.15) is 5.75 Å². The number of hydrogen-bond donors (Lipinski definition) is 0. The van der Waals surface area contributed by atoms with Crippen LogP contribution in [0.2, 0.25) is 0 Å². The fourth-order valence-corrected chi connectivity index (χ4v) is 2.80. The minimum absolute atomic E-state index is 0.855. The van der Waals surface area contributed by atoms with Crippen LogP contribution in [0.25, 0.3) is 0 Å². The second kappa shape index (κ2) is 5.49. The molecule has 3 rings (SSSR count). The summed E-state index contributed by atoms with van der Waals surface area (Å²) < 4.78 is 5.33. The fraction of sp³-hybridized carbons (Fsp3) is 0.278. The van der Waals surface area contributed by atoms with E-state index in [9.17, 15) is 0 Å². The first-order valence-electron chi connectivity index (χ1n) is 7.13. The van der Waals surface area contributed by atoms with Gasteiger partial charge in [-0.1, -0.05) is 31.2 Å². The molecule has 2 aromatic carbocycles. The maximum atomic E-state index is 5.33. The summed E-state index contributed by atoms with van der Waals surface area (Å²) in [6, 6.07) is 14.9. The van der Waals surface area contributed by atoms with Gasteiger partial charge in [0, 0.05) is 17.7 Å². The average molecular weight is 265 g/mol. The van der Waals surface area contributed by atoms with Crippen LogP contribution < -0.4 is 4.74 Å². The number of benzene rings is 2. The van der Waals surface area contributed by atoms with Gasteiger partial charge in [-0.05, 0) is 42.2 Å². The zero-order valence-electron chi connectivity index (χ0n) is 12.0. The minimum atomic E-state index is 0.855. The minimum Gasteiger partial charge on any atom is -0.497 e. The van der Waals surface area contributed by atoms with Gasteiger partial charge in [0.25, 0.3) is 0 Å². The predicted octanol–water partition coefficient (Wildman–Crippen LogP) is 3.65. The Bertz CT molecular complexity index is 658. The van der Waals surface area contributed by atoms with Gasteiger partial charge in [0.05, 0.1) is 12.8 Å². The number of methoxy groups -OCH3 is 1. The largest absolute Gasteiger partial charge is 0.497 e. The summed E-state index contributed by atoms with van der Waals surface area (Å²) in [5, 5.41) is 0.